The second-order valence-electron chi connectivity index (χ2n) is 18.3. The molecular weight excluding hydrogens is 877 g/mol. The SMILES string of the molecule is CC1(C)C(/C=C/C2=C(SC3=CC=C(C(=O)NCCCCCN)C=CC3)C(=C/C=C3/N(CCCCS(=O)(=O)O)c4ccccc4C3(C)C)/CCC2)=[N+](CCCCS(=O)(=O)O)c2ccccc21. The highest BCUT2D eigenvalue weighted by atomic mass is 32.2. The molecule has 5 N–H and O–H groups in total. The van der Waals surface area contributed by atoms with Crippen LogP contribution in [0.15, 0.2) is 129 Å². The molecule has 2 aliphatic heterocycles. The van der Waals surface area contributed by atoms with Gasteiger partial charge < -0.3 is 16.0 Å². The number of nitrogens with two attached hydrogens (primary N) is 1. The Morgan fingerprint density at radius 2 is 1.54 bits per heavy atom. The van der Waals surface area contributed by atoms with Crippen molar-refractivity contribution in [3.05, 3.63) is 140 Å². The van der Waals surface area contributed by atoms with Crippen molar-refractivity contribution in [2.45, 2.75) is 109 Å². The summed E-state index contributed by atoms with van der Waals surface area (Å²) < 4.78 is 67.4. The van der Waals surface area contributed by atoms with Crippen LogP contribution in [0.1, 0.15) is 109 Å². The standard InChI is InChI=1S/C51H66N4O7S3/c1-50(2)42-22-6-8-24-44(42)54(34-12-14-36-64(57,58)59)46(50)30-27-38-18-16-19-39(48(38)63-41-21-17-20-40(26-29-41)49(56)53-33-11-5-10-32-52)28-31-47-51(3,4)43-23-7-9-25-45(43)55(47)35-13-15-37-65(60,61)62/h6-9,17,20,22-31H,5,10-16,18-19,21,32-37,52H2,1-4H3,(H2-,53,56,57,58,59,60,61,62)/p+1. The first-order valence-electron chi connectivity index (χ1n) is 23.0. The Morgan fingerprint density at radius 1 is 0.831 bits per heavy atom. The first-order chi connectivity index (χ1) is 30.9. The third-order valence-electron chi connectivity index (χ3n) is 12.8. The Morgan fingerprint density at radius 3 is 2.28 bits per heavy atom. The van der Waals surface area contributed by atoms with Crippen molar-refractivity contribution in [2.24, 2.45) is 5.73 Å². The smallest absolute Gasteiger partial charge is 0.264 e. The first kappa shape index (κ1) is 50.1. The largest absolute Gasteiger partial charge is 0.352 e. The Bertz CT molecular complexity index is 2580. The van der Waals surface area contributed by atoms with Gasteiger partial charge >= 0.3 is 0 Å². The molecule has 2 heterocycles. The zero-order chi connectivity index (χ0) is 46.8. The van der Waals surface area contributed by atoms with Gasteiger partial charge in [0.25, 0.3) is 26.1 Å². The van der Waals surface area contributed by atoms with Crippen LogP contribution in [0.4, 0.5) is 11.4 Å². The summed E-state index contributed by atoms with van der Waals surface area (Å²) in [4.78, 5) is 17.8. The summed E-state index contributed by atoms with van der Waals surface area (Å²) in [5.41, 5.74) is 14.9. The predicted molar refractivity (Wildman–Crippen MR) is 267 cm³/mol. The minimum atomic E-state index is -4.05. The summed E-state index contributed by atoms with van der Waals surface area (Å²) >= 11 is 1.75. The van der Waals surface area contributed by atoms with Gasteiger partial charge in [0.15, 0.2) is 5.71 Å². The first-order valence-corrected chi connectivity index (χ1v) is 27.0. The number of nitrogens with one attached hydrogen (secondary N) is 1. The maximum absolute atomic E-state index is 13.2. The van der Waals surface area contributed by atoms with Gasteiger partial charge in [-0.3, -0.25) is 13.9 Å². The van der Waals surface area contributed by atoms with E-state index in [9.17, 15) is 30.7 Å². The lowest BCUT2D eigenvalue weighted by Gasteiger charge is -2.27. The molecule has 0 fully saturated rings. The average molecular weight is 944 g/mol. The van der Waals surface area contributed by atoms with Gasteiger partial charge in [0.1, 0.15) is 6.54 Å². The highest BCUT2D eigenvalue weighted by molar-refractivity contribution is 8.07. The average Bonchev–Trinajstić information content (AvgIpc) is 3.43. The fourth-order valence-electron chi connectivity index (χ4n) is 9.30. The number of nitrogens with zero attached hydrogens (tertiary/aromatic N) is 2. The van der Waals surface area contributed by atoms with E-state index in [0.717, 1.165) is 66.2 Å². The number of rotatable bonds is 21. The van der Waals surface area contributed by atoms with E-state index in [0.29, 0.717) is 63.9 Å². The quantitative estimate of drug-likeness (QED) is 0.0537. The number of hydrogen-bond acceptors (Lipinski definition) is 8. The molecule has 14 heteroatoms. The van der Waals surface area contributed by atoms with Crippen LogP contribution in [0, 0.1) is 0 Å². The number of fused-ring (bicyclic) bond motifs is 2. The second-order valence-corrected chi connectivity index (χ2v) is 22.6. The molecule has 0 bridgehead atoms. The highest BCUT2D eigenvalue weighted by Gasteiger charge is 2.44. The van der Waals surface area contributed by atoms with Crippen LogP contribution < -0.4 is 16.0 Å². The van der Waals surface area contributed by atoms with E-state index in [1.165, 1.54) is 27.2 Å². The number of amides is 1. The van der Waals surface area contributed by atoms with Crippen LogP contribution in [0.25, 0.3) is 0 Å². The van der Waals surface area contributed by atoms with Gasteiger partial charge in [-0.2, -0.15) is 21.4 Å². The second kappa shape index (κ2) is 22.0. The fraction of sp³-hybridized carbons (Fsp3) is 0.451. The summed E-state index contributed by atoms with van der Waals surface area (Å²) in [6.07, 6.45) is 25.0. The number of hydrogen-bond donors (Lipinski definition) is 4. The van der Waals surface area contributed by atoms with Crippen molar-refractivity contribution in [1.29, 1.82) is 0 Å². The summed E-state index contributed by atoms with van der Waals surface area (Å²) in [5, 5.41) is 3.06. The van der Waals surface area contributed by atoms with E-state index in [2.05, 4.69) is 115 Å². The van der Waals surface area contributed by atoms with Crippen LogP contribution in [-0.2, 0) is 35.9 Å². The molecule has 0 atom stereocenters. The Kier molecular flexibility index (Phi) is 17.0. The number of allylic oxidation sites excluding steroid dienone is 11. The zero-order valence-corrected chi connectivity index (χ0v) is 40.8. The summed E-state index contributed by atoms with van der Waals surface area (Å²) in [5.74, 6) is -0.634. The normalized spacial score (nSPS) is 19.5. The van der Waals surface area contributed by atoms with Crippen molar-refractivity contribution in [1.82, 2.24) is 5.32 Å². The number of anilines is 1. The van der Waals surface area contributed by atoms with E-state index in [1.807, 2.05) is 24.3 Å². The van der Waals surface area contributed by atoms with Gasteiger partial charge in [-0.1, -0.05) is 98.8 Å². The van der Waals surface area contributed by atoms with Gasteiger partial charge in [0, 0.05) is 64.5 Å². The molecule has 11 nitrogen and oxygen atoms in total. The lowest BCUT2D eigenvalue weighted by atomic mass is 9.81. The molecular formula is C51H67N4O7S3+. The van der Waals surface area contributed by atoms with Gasteiger partial charge in [-0.25, -0.2) is 0 Å². The number of carbonyl (C=O) groups is 1. The molecule has 6 rings (SSSR count). The van der Waals surface area contributed by atoms with E-state index in [4.69, 9.17) is 5.73 Å². The van der Waals surface area contributed by atoms with E-state index >= 15 is 0 Å². The predicted octanol–water partition coefficient (Wildman–Crippen LogP) is 9.75. The maximum atomic E-state index is 13.2. The zero-order valence-electron chi connectivity index (χ0n) is 38.4. The van der Waals surface area contributed by atoms with Crippen molar-refractivity contribution < 1.29 is 35.3 Å². The minimum Gasteiger partial charge on any atom is -0.352 e. The molecule has 0 aromatic heterocycles. The van der Waals surface area contributed by atoms with Crippen LogP contribution in [-0.4, -0.2) is 79.8 Å². The molecule has 0 radical (unpaired) electrons. The van der Waals surface area contributed by atoms with Crippen molar-refractivity contribution in [3.63, 3.8) is 0 Å². The molecule has 2 aromatic rings. The monoisotopic (exact) mass is 943 g/mol. The van der Waals surface area contributed by atoms with Crippen LogP contribution in [0.3, 0.4) is 0 Å². The van der Waals surface area contributed by atoms with Crippen LogP contribution in [0.2, 0.25) is 0 Å². The van der Waals surface area contributed by atoms with Crippen molar-refractivity contribution in [2.75, 3.05) is 42.6 Å². The Labute approximate surface area is 391 Å². The molecule has 0 unspecified atom stereocenters. The van der Waals surface area contributed by atoms with E-state index < -0.39 is 20.2 Å². The lowest BCUT2D eigenvalue weighted by molar-refractivity contribution is -0.438. The van der Waals surface area contributed by atoms with Gasteiger partial charge in [0.2, 0.25) is 5.69 Å². The fourth-order valence-corrected chi connectivity index (χ4v) is 11.6. The lowest BCUT2D eigenvalue weighted by Crippen LogP contribution is -2.28. The van der Waals surface area contributed by atoms with E-state index in [1.54, 1.807) is 11.8 Å². The summed E-state index contributed by atoms with van der Waals surface area (Å²) in [7, 11) is -8.10. The molecule has 4 aliphatic rings. The molecule has 2 aliphatic carbocycles. The van der Waals surface area contributed by atoms with E-state index in [-0.39, 0.29) is 28.2 Å². The summed E-state index contributed by atoms with van der Waals surface area (Å²) in [6.45, 7) is 11.4. The number of unbranched alkanes of at least 4 members (excludes halogenated alkanes) is 4. The molecule has 0 spiro atoms. The number of para-hydroxylation sites is 2. The number of thioether (sulfide) groups is 1. The minimum absolute atomic E-state index is 0.0911. The highest BCUT2D eigenvalue weighted by Crippen LogP contribution is 2.49. The molecule has 0 saturated carbocycles. The van der Waals surface area contributed by atoms with Gasteiger partial charge in [-0.15, -0.1) is 0 Å². The number of benzene rings is 2. The third-order valence-corrected chi connectivity index (χ3v) is 15.7. The van der Waals surface area contributed by atoms with Gasteiger partial charge in [-0.05, 0) is 118 Å². The Balaban J connectivity index is 1.39. The molecule has 350 valence electrons. The molecule has 1 amide bonds. The molecule has 2 aromatic carbocycles. The maximum Gasteiger partial charge on any atom is 0.264 e. The van der Waals surface area contributed by atoms with Crippen LogP contribution in [0.5, 0.6) is 0 Å². The molecule has 65 heavy (non-hydrogen) atoms. The molecule has 0 saturated heterocycles. The van der Waals surface area contributed by atoms with Gasteiger partial charge in [0.05, 0.1) is 16.9 Å². The van der Waals surface area contributed by atoms with Crippen LogP contribution >= 0.6 is 11.8 Å². The Hall–Kier alpha value is -4.31. The van der Waals surface area contributed by atoms with Crippen molar-refractivity contribution in [3.8, 4) is 0 Å². The number of carbonyl (C=O) groups excluding carboxylic acids is 1. The topological polar surface area (TPSA) is 170 Å². The summed E-state index contributed by atoms with van der Waals surface area (Å²) in [6, 6.07) is 16.7. The third kappa shape index (κ3) is 13.0. The van der Waals surface area contributed by atoms with Crippen molar-refractivity contribution >= 4 is 55.0 Å².